The summed E-state index contributed by atoms with van der Waals surface area (Å²) >= 11 is 0. The van der Waals surface area contributed by atoms with Gasteiger partial charge in [-0.2, -0.15) is 0 Å². The highest BCUT2D eigenvalue weighted by Crippen LogP contribution is 2.01. The largest absolute Gasteiger partial charge is 0.370 e. The summed E-state index contributed by atoms with van der Waals surface area (Å²) in [5.74, 6) is 0.0165. The summed E-state index contributed by atoms with van der Waals surface area (Å²) in [6.45, 7) is 0.740. The van der Waals surface area contributed by atoms with Crippen molar-refractivity contribution < 1.29 is 9.36 Å². The summed E-state index contributed by atoms with van der Waals surface area (Å²) in [5.41, 5.74) is 11.0. The quantitative estimate of drug-likeness (QED) is 0.231. The molecule has 92 valence electrons. The third-order valence-electron chi connectivity index (χ3n) is 1.93. The van der Waals surface area contributed by atoms with Gasteiger partial charge < -0.3 is 22.1 Å². The molecule has 0 fully saturated rings. The zero-order valence-corrected chi connectivity index (χ0v) is 9.68. The van der Waals surface area contributed by atoms with Crippen LogP contribution in [0.3, 0.4) is 0 Å². The van der Waals surface area contributed by atoms with Crippen LogP contribution in [0.25, 0.3) is 0 Å². The predicted molar refractivity (Wildman–Crippen MR) is 65.3 cm³/mol. The molecule has 1 aromatic heterocycles. The highest BCUT2D eigenvalue weighted by Gasteiger charge is 2.01. The van der Waals surface area contributed by atoms with Crippen LogP contribution in [0.15, 0.2) is 29.5 Å². The van der Waals surface area contributed by atoms with Crippen LogP contribution in [0, 0.1) is 0 Å². The number of aliphatic imine (C=N–C) groups is 1. The van der Waals surface area contributed by atoms with Gasteiger partial charge in [0, 0.05) is 18.7 Å². The van der Waals surface area contributed by atoms with Crippen LogP contribution in [-0.4, -0.2) is 25.1 Å². The van der Waals surface area contributed by atoms with Gasteiger partial charge in [-0.3, -0.25) is 4.99 Å². The molecule has 0 saturated heterocycles. The molecule has 0 saturated carbocycles. The molecule has 1 aromatic rings. The van der Waals surface area contributed by atoms with Gasteiger partial charge in [0.05, 0.1) is 12.2 Å². The summed E-state index contributed by atoms with van der Waals surface area (Å²) in [7, 11) is 1.90. The zero-order chi connectivity index (χ0) is 12.7. The molecule has 0 aromatic carbocycles. The van der Waals surface area contributed by atoms with E-state index in [1.807, 2.05) is 24.0 Å². The number of aryl methyl sites for hydroxylation is 1. The molecule has 6 N–H and O–H groups in total. The van der Waals surface area contributed by atoms with Gasteiger partial charge in [-0.15, -0.1) is 0 Å². The predicted octanol–water partition coefficient (Wildman–Crippen LogP) is -1.09. The molecule has 0 aliphatic heterocycles. The molecule has 0 spiro atoms. The summed E-state index contributed by atoms with van der Waals surface area (Å²) in [6, 6.07) is 3.32. The van der Waals surface area contributed by atoms with Crippen molar-refractivity contribution in [2.24, 2.45) is 23.5 Å². The molecule has 7 nitrogen and oxygen atoms in total. The van der Waals surface area contributed by atoms with Crippen molar-refractivity contribution in [3.63, 3.8) is 0 Å². The number of amides is 2. The van der Waals surface area contributed by atoms with Gasteiger partial charge >= 0.3 is 6.03 Å². The van der Waals surface area contributed by atoms with Crippen molar-refractivity contribution in [2.45, 2.75) is 0 Å². The van der Waals surface area contributed by atoms with Crippen LogP contribution in [0.1, 0.15) is 0 Å². The number of hydrogen-bond donors (Lipinski definition) is 4. The van der Waals surface area contributed by atoms with Crippen molar-refractivity contribution in [3.05, 3.63) is 24.5 Å². The number of hydrogen-bond acceptors (Lipinski definition) is 2. The summed E-state index contributed by atoms with van der Waals surface area (Å²) in [4.78, 5) is 15.1. The number of nitrogens with zero attached hydrogens (tertiary/aromatic N) is 2. The molecule has 2 amide bonds. The topological polar surface area (TPSA) is 109 Å². The second-order valence-corrected chi connectivity index (χ2v) is 3.44. The van der Waals surface area contributed by atoms with Crippen LogP contribution in [0.2, 0.25) is 0 Å². The molecule has 0 atom stereocenters. The van der Waals surface area contributed by atoms with Crippen LogP contribution < -0.4 is 26.7 Å². The van der Waals surface area contributed by atoms with E-state index in [2.05, 4.69) is 15.6 Å². The Morgan fingerprint density at radius 3 is 2.65 bits per heavy atom. The van der Waals surface area contributed by atoms with Crippen molar-refractivity contribution in [2.75, 3.05) is 18.4 Å². The second kappa shape index (κ2) is 6.31. The monoisotopic (exact) mass is 237 g/mol. The Morgan fingerprint density at radius 1 is 1.41 bits per heavy atom. The van der Waals surface area contributed by atoms with E-state index in [0.29, 0.717) is 13.1 Å². The second-order valence-electron chi connectivity index (χ2n) is 3.44. The highest BCUT2D eigenvalue weighted by molar-refractivity contribution is 5.89. The molecule has 1 heterocycles. The lowest BCUT2D eigenvalue weighted by atomic mass is 10.4. The molecule has 0 unspecified atom stereocenters. The minimum atomic E-state index is -0.287. The number of urea groups is 1. The average molecular weight is 237 g/mol. The van der Waals surface area contributed by atoms with Crippen molar-refractivity contribution in [1.29, 1.82) is 0 Å². The molecular formula is C10H17N6O+. The van der Waals surface area contributed by atoms with Crippen LogP contribution >= 0.6 is 0 Å². The Hall–Kier alpha value is -2.31. The smallest absolute Gasteiger partial charge is 0.319 e. The molecule has 1 rings (SSSR count). The average Bonchev–Trinajstić information content (AvgIpc) is 2.27. The Kier molecular flexibility index (Phi) is 4.74. The highest BCUT2D eigenvalue weighted by atomic mass is 16.2. The lowest BCUT2D eigenvalue weighted by Gasteiger charge is -2.05. The molecule has 0 aliphatic rings. The molecule has 7 heteroatoms. The van der Waals surface area contributed by atoms with Gasteiger partial charge in [-0.25, -0.2) is 9.36 Å². The lowest BCUT2D eigenvalue weighted by molar-refractivity contribution is -0.671. The molecular weight excluding hydrogens is 220 g/mol. The van der Waals surface area contributed by atoms with E-state index in [1.54, 1.807) is 12.1 Å². The Balaban J connectivity index is 2.30. The Morgan fingerprint density at radius 2 is 2.06 bits per heavy atom. The lowest BCUT2D eigenvalue weighted by Crippen LogP contribution is -2.32. The van der Waals surface area contributed by atoms with Crippen LogP contribution in [0.5, 0.6) is 0 Å². The summed E-state index contributed by atoms with van der Waals surface area (Å²) in [5, 5.41) is 5.31. The minimum Gasteiger partial charge on any atom is -0.370 e. The maximum Gasteiger partial charge on any atom is 0.319 e. The number of carbonyl (C=O) groups is 1. The van der Waals surface area contributed by atoms with Gasteiger partial charge in [-0.05, 0) is 0 Å². The zero-order valence-electron chi connectivity index (χ0n) is 9.68. The van der Waals surface area contributed by atoms with Gasteiger partial charge in [0.1, 0.15) is 7.05 Å². The molecule has 0 bridgehead atoms. The van der Waals surface area contributed by atoms with E-state index in [4.69, 9.17) is 11.5 Å². The van der Waals surface area contributed by atoms with Gasteiger partial charge in [0.15, 0.2) is 18.4 Å². The summed E-state index contributed by atoms with van der Waals surface area (Å²) < 4.78 is 1.88. The Labute approximate surface area is 99.5 Å². The molecule has 0 radical (unpaired) electrons. The summed E-state index contributed by atoms with van der Waals surface area (Å²) in [6.07, 6.45) is 3.68. The normalized spacial score (nSPS) is 9.47. The van der Waals surface area contributed by atoms with Crippen LogP contribution in [0.4, 0.5) is 10.5 Å². The number of nitrogens with one attached hydrogen (secondary N) is 2. The Bertz CT molecular complexity index is 396. The molecule has 0 aliphatic carbocycles. The van der Waals surface area contributed by atoms with E-state index in [9.17, 15) is 4.79 Å². The number of aromatic nitrogens is 1. The maximum absolute atomic E-state index is 11.4. The third kappa shape index (κ3) is 5.36. The molecule has 17 heavy (non-hydrogen) atoms. The van der Waals surface area contributed by atoms with E-state index >= 15 is 0 Å². The first kappa shape index (κ1) is 12.8. The van der Waals surface area contributed by atoms with Crippen molar-refractivity contribution in [3.8, 4) is 0 Å². The first-order valence-corrected chi connectivity index (χ1v) is 5.13. The standard InChI is InChI=1S/C10H16N6O/c1-16-6-2-8(3-7-16)15-10(17)14-5-4-13-9(11)12/h2-3,6-7H,4-5H2,1H3,(H5,11,12,13,14,17)/p+1. The van der Waals surface area contributed by atoms with Crippen LogP contribution in [-0.2, 0) is 7.05 Å². The number of anilines is 1. The number of rotatable bonds is 4. The minimum absolute atomic E-state index is 0.0165. The van der Waals surface area contributed by atoms with Gasteiger partial charge in [0.2, 0.25) is 0 Å². The maximum atomic E-state index is 11.4. The third-order valence-corrected chi connectivity index (χ3v) is 1.93. The number of guanidine groups is 1. The first-order chi connectivity index (χ1) is 8.08. The van der Waals surface area contributed by atoms with Crippen molar-refractivity contribution in [1.82, 2.24) is 5.32 Å². The van der Waals surface area contributed by atoms with Crippen molar-refractivity contribution >= 4 is 17.7 Å². The van der Waals surface area contributed by atoms with E-state index in [1.165, 1.54) is 0 Å². The fourth-order valence-electron chi connectivity index (χ4n) is 1.11. The SMILES string of the molecule is C[n+]1ccc(NC(=O)NCCN=C(N)N)cc1. The van der Waals surface area contributed by atoms with E-state index in [0.717, 1.165) is 5.69 Å². The van der Waals surface area contributed by atoms with E-state index < -0.39 is 0 Å². The number of pyridine rings is 1. The van der Waals surface area contributed by atoms with Gasteiger partial charge in [-0.1, -0.05) is 0 Å². The fourth-order valence-corrected chi connectivity index (χ4v) is 1.11. The van der Waals surface area contributed by atoms with E-state index in [-0.39, 0.29) is 12.0 Å². The fraction of sp³-hybridized carbons (Fsp3) is 0.300. The van der Waals surface area contributed by atoms with Gasteiger partial charge in [0.25, 0.3) is 0 Å². The number of carbonyl (C=O) groups excluding carboxylic acids is 1. The number of nitrogens with two attached hydrogens (primary N) is 2. The first-order valence-electron chi connectivity index (χ1n) is 5.13.